The first-order chi connectivity index (χ1) is 14.4. The Balaban J connectivity index is 1.64. The molecule has 1 aromatic heterocycles. The topological polar surface area (TPSA) is 69.0 Å². The molecule has 3 aromatic rings. The molecule has 0 unspecified atom stereocenters. The Kier molecular flexibility index (Phi) is 7.55. The largest absolute Gasteiger partial charge is 0.497 e. The highest BCUT2D eigenvalue weighted by Crippen LogP contribution is 2.26. The second-order valence-electron chi connectivity index (χ2n) is 6.85. The van der Waals surface area contributed by atoms with Crippen molar-refractivity contribution in [3.8, 4) is 5.75 Å². The van der Waals surface area contributed by atoms with E-state index in [4.69, 9.17) is 4.74 Å². The van der Waals surface area contributed by atoms with E-state index in [2.05, 4.69) is 42.9 Å². The van der Waals surface area contributed by atoms with E-state index in [0.717, 1.165) is 50.1 Å². The van der Waals surface area contributed by atoms with Crippen LogP contribution in [0, 0.1) is 13.8 Å². The maximum absolute atomic E-state index is 12.5. The molecule has 0 radical (unpaired) electrons. The van der Waals surface area contributed by atoms with E-state index in [1.54, 1.807) is 7.11 Å². The van der Waals surface area contributed by atoms with Crippen molar-refractivity contribution in [2.45, 2.75) is 38.9 Å². The van der Waals surface area contributed by atoms with E-state index in [0.29, 0.717) is 6.42 Å². The number of nitrogens with zero attached hydrogens (tertiary/aromatic N) is 3. The molecule has 30 heavy (non-hydrogen) atoms. The lowest BCUT2D eigenvalue weighted by Crippen LogP contribution is -2.16. The Labute approximate surface area is 189 Å². The third kappa shape index (κ3) is 5.23. The Morgan fingerprint density at radius 3 is 2.53 bits per heavy atom. The number of benzene rings is 2. The first-order valence-electron chi connectivity index (χ1n) is 9.66. The average Bonchev–Trinajstić information content (AvgIpc) is 3.14. The minimum atomic E-state index is -0.0628. The summed E-state index contributed by atoms with van der Waals surface area (Å²) < 4.78 is 8.30. The quantitative estimate of drug-likeness (QED) is 0.451. The second-order valence-corrected chi connectivity index (χ2v) is 8.65. The summed E-state index contributed by atoms with van der Waals surface area (Å²) in [5.41, 5.74) is 4.14. The highest BCUT2D eigenvalue weighted by molar-refractivity contribution is 9.10. The fourth-order valence-electron chi connectivity index (χ4n) is 3.04. The van der Waals surface area contributed by atoms with Gasteiger partial charge in [0, 0.05) is 23.1 Å². The molecule has 1 heterocycles. The van der Waals surface area contributed by atoms with E-state index in [9.17, 15) is 4.79 Å². The van der Waals surface area contributed by atoms with E-state index >= 15 is 0 Å². The number of nitrogens with one attached hydrogen (secondary N) is 1. The number of carbonyl (C=O) groups is 1. The minimum absolute atomic E-state index is 0.0628. The van der Waals surface area contributed by atoms with Crippen molar-refractivity contribution in [3.63, 3.8) is 0 Å². The predicted molar refractivity (Wildman–Crippen MR) is 124 cm³/mol. The van der Waals surface area contributed by atoms with Gasteiger partial charge in [-0.3, -0.25) is 4.79 Å². The molecule has 158 valence electrons. The zero-order valence-corrected chi connectivity index (χ0v) is 19.9. The number of hydrogen-bond donors (Lipinski definition) is 1. The van der Waals surface area contributed by atoms with Crippen molar-refractivity contribution in [1.29, 1.82) is 0 Å². The zero-order chi connectivity index (χ0) is 21.7. The Morgan fingerprint density at radius 1 is 1.13 bits per heavy atom. The average molecular weight is 489 g/mol. The van der Waals surface area contributed by atoms with Gasteiger partial charge < -0.3 is 14.6 Å². The molecule has 0 bridgehead atoms. The van der Waals surface area contributed by atoms with Crippen molar-refractivity contribution in [2.24, 2.45) is 0 Å². The molecule has 0 aliphatic heterocycles. The Hall–Kier alpha value is -2.32. The fourth-order valence-corrected chi connectivity index (χ4v) is 4.29. The summed E-state index contributed by atoms with van der Waals surface area (Å²) in [6.07, 6.45) is 0.676. The van der Waals surface area contributed by atoms with Crippen LogP contribution in [0.25, 0.3) is 0 Å². The van der Waals surface area contributed by atoms with Gasteiger partial charge in [-0.25, -0.2) is 0 Å². The number of carbonyl (C=O) groups excluding carboxylic acids is 1. The van der Waals surface area contributed by atoms with Crippen LogP contribution in [0.4, 0.5) is 5.69 Å². The summed E-state index contributed by atoms with van der Waals surface area (Å²) in [7, 11) is 1.65. The number of methoxy groups -OCH3 is 1. The van der Waals surface area contributed by atoms with Gasteiger partial charge in [0.15, 0.2) is 5.16 Å². The predicted octanol–water partition coefficient (Wildman–Crippen LogP) is 5.01. The van der Waals surface area contributed by atoms with Gasteiger partial charge in [-0.1, -0.05) is 39.8 Å². The van der Waals surface area contributed by atoms with Crippen molar-refractivity contribution >= 4 is 39.3 Å². The summed E-state index contributed by atoms with van der Waals surface area (Å²) >= 11 is 4.91. The summed E-state index contributed by atoms with van der Waals surface area (Å²) in [6.45, 7) is 6.83. The van der Waals surface area contributed by atoms with Crippen LogP contribution in [0.3, 0.4) is 0 Å². The molecular formula is C22H25BrN4O2S. The lowest BCUT2D eigenvalue weighted by Gasteiger charge is -2.12. The highest BCUT2D eigenvalue weighted by Gasteiger charge is 2.15. The van der Waals surface area contributed by atoms with E-state index < -0.39 is 0 Å². The van der Waals surface area contributed by atoms with Crippen LogP contribution in [-0.2, 0) is 17.8 Å². The third-order valence-corrected chi connectivity index (χ3v) is 6.78. The maximum Gasteiger partial charge on any atom is 0.234 e. The van der Waals surface area contributed by atoms with Crippen LogP contribution in [0.5, 0.6) is 5.75 Å². The van der Waals surface area contributed by atoms with Crippen molar-refractivity contribution in [2.75, 3.05) is 18.2 Å². The van der Waals surface area contributed by atoms with Gasteiger partial charge in [0.2, 0.25) is 5.91 Å². The van der Waals surface area contributed by atoms with Crippen LogP contribution >= 0.6 is 27.7 Å². The van der Waals surface area contributed by atoms with Gasteiger partial charge in [-0.2, -0.15) is 0 Å². The molecule has 0 aliphatic carbocycles. The smallest absolute Gasteiger partial charge is 0.234 e. The van der Waals surface area contributed by atoms with Gasteiger partial charge in [-0.05, 0) is 61.7 Å². The lowest BCUT2D eigenvalue weighted by molar-refractivity contribution is -0.113. The standard InChI is InChI=1S/C22H25BrN4O2S/c1-5-27-20(12-16-6-8-17(29-4)9-7-16)25-26-22(27)30-13-21(28)24-19-11-10-18(23)14(2)15(19)3/h6-11H,5,12-13H2,1-4H3,(H,24,28). The van der Waals surface area contributed by atoms with Crippen LogP contribution in [0.2, 0.25) is 0 Å². The van der Waals surface area contributed by atoms with Crippen LogP contribution < -0.4 is 10.1 Å². The first kappa shape index (κ1) is 22.4. The SMILES string of the molecule is CCn1c(Cc2ccc(OC)cc2)nnc1SCC(=O)Nc1ccc(Br)c(C)c1C. The summed E-state index contributed by atoms with van der Waals surface area (Å²) in [6, 6.07) is 11.8. The van der Waals surface area contributed by atoms with Gasteiger partial charge in [0.1, 0.15) is 11.6 Å². The summed E-state index contributed by atoms with van der Waals surface area (Å²) in [5, 5.41) is 12.4. The monoisotopic (exact) mass is 488 g/mol. The van der Waals surface area contributed by atoms with E-state index in [1.807, 2.05) is 50.2 Å². The van der Waals surface area contributed by atoms with Gasteiger partial charge >= 0.3 is 0 Å². The fraction of sp³-hybridized carbons (Fsp3) is 0.318. The van der Waals surface area contributed by atoms with Crippen LogP contribution in [-0.4, -0.2) is 33.5 Å². The van der Waals surface area contributed by atoms with Gasteiger partial charge in [0.25, 0.3) is 0 Å². The van der Waals surface area contributed by atoms with Crippen molar-refractivity contribution in [3.05, 3.63) is 63.4 Å². The zero-order valence-electron chi connectivity index (χ0n) is 17.5. The maximum atomic E-state index is 12.5. The molecule has 0 saturated heterocycles. The Morgan fingerprint density at radius 2 is 1.87 bits per heavy atom. The molecule has 6 nitrogen and oxygen atoms in total. The molecule has 0 saturated carbocycles. The molecule has 0 fully saturated rings. The summed E-state index contributed by atoms with van der Waals surface area (Å²) in [5.74, 6) is 1.92. The van der Waals surface area contributed by atoms with E-state index in [1.165, 1.54) is 11.8 Å². The Bertz CT molecular complexity index is 1030. The van der Waals surface area contributed by atoms with Crippen LogP contribution in [0.15, 0.2) is 46.0 Å². The van der Waals surface area contributed by atoms with Crippen molar-refractivity contribution in [1.82, 2.24) is 14.8 Å². The number of anilines is 1. The molecule has 0 spiro atoms. The number of ether oxygens (including phenoxy) is 1. The lowest BCUT2D eigenvalue weighted by atomic mass is 10.1. The molecule has 1 N–H and O–H groups in total. The molecular weight excluding hydrogens is 464 g/mol. The normalized spacial score (nSPS) is 10.8. The van der Waals surface area contributed by atoms with E-state index in [-0.39, 0.29) is 11.7 Å². The van der Waals surface area contributed by atoms with Crippen LogP contribution in [0.1, 0.15) is 29.4 Å². The molecule has 0 aliphatic rings. The number of thioether (sulfide) groups is 1. The van der Waals surface area contributed by atoms with Gasteiger partial charge in [0.05, 0.1) is 12.9 Å². The number of rotatable bonds is 8. The minimum Gasteiger partial charge on any atom is -0.497 e. The number of hydrogen-bond acceptors (Lipinski definition) is 5. The first-order valence-corrected chi connectivity index (χ1v) is 11.4. The van der Waals surface area contributed by atoms with Crippen molar-refractivity contribution < 1.29 is 9.53 Å². The number of aromatic nitrogens is 3. The second kappa shape index (κ2) is 10.1. The summed E-state index contributed by atoms with van der Waals surface area (Å²) in [4.78, 5) is 12.5. The molecule has 0 atom stereocenters. The number of halogens is 1. The molecule has 3 rings (SSSR count). The molecule has 1 amide bonds. The molecule has 8 heteroatoms. The third-order valence-electron chi connectivity index (χ3n) is 4.96. The highest BCUT2D eigenvalue weighted by atomic mass is 79.9. The number of amides is 1. The molecule has 2 aromatic carbocycles. The van der Waals surface area contributed by atoms with Gasteiger partial charge in [-0.15, -0.1) is 10.2 Å².